The summed E-state index contributed by atoms with van der Waals surface area (Å²) in [5, 5.41) is 11.0. The van der Waals surface area contributed by atoms with Gasteiger partial charge in [-0.3, -0.25) is 4.68 Å². The summed E-state index contributed by atoms with van der Waals surface area (Å²) in [6, 6.07) is 6.61. The Morgan fingerprint density at radius 1 is 1.30 bits per heavy atom. The minimum atomic E-state index is 0. The minimum absolute atomic E-state index is 0. The second-order valence-electron chi connectivity index (χ2n) is 6.54. The van der Waals surface area contributed by atoms with Crippen LogP contribution in [0.4, 0.5) is 5.82 Å². The number of nitrogens with one attached hydrogen (secondary N) is 2. The summed E-state index contributed by atoms with van der Waals surface area (Å²) >= 11 is 0. The molecule has 3 heterocycles. The predicted molar refractivity (Wildman–Crippen MR) is 119 cm³/mol. The van der Waals surface area contributed by atoms with Crippen LogP contribution in [0.15, 0.2) is 29.5 Å². The Morgan fingerprint density at radius 2 is 2.07 bits per heavy atom. The number of guanidine groups is 1. The summed E-state index contributed by atoms with van der Waals surface area (Å²) < 4.78 is 1.75. The number of anilines is 1. The maximum atomic E-state index is 4.64. The highest BCUT2D eigenvalue weighted by Crippen LogP contribution is 2.18. The molecule has 0 bridgehead atoms. The summed E-state index contributed by atoms with van der Waals surface area (Å²) in [6.45, 7) is 7.45. The first-order valence-electron chi connectivity index (χ1n) is 9.22. The number of aromatic nitrogens is 4. The van der Waals surface area contributed by atoms with Gasteiger partial charge in [0.25, 0.3) is 0 Å². The molecule has 1 aliphatic heterocycles. The number of halogens is 1. The third-order valence-electron chi connectivity index (χ3n) is 4.56. The highest BCUT2D eigenvalue weighted by atomic mass is 127. The van der Waals surface area contributed by atoms with Crippen molar-refractivity contribution in [3.05, 3.63) is 36.0 Å². The van der Waals surface area contributed by atoms with Crippen LogP contribution in [0.25, 0.3) is 0 Å². The lowest BCUT2D eigenvalue weighted by Crippen LogP contribution is -2.49. The highest BCUT2D eigenvalue weighted by Gasteiger charge is 2.21. The van der Waals surface area contributed by atoms with Gasteiger partial charge in [-0.05, 0) is 38.8 Å². The van der Waals surface area contributed by atoms with Gasteiger partial charge >= 0.3 is 0 Å². The van der Waals surface area contributed by atoms with Crippen molar-refractivity contribution in [1.29, 1.82) is 0 Å². The molecular weight excluding hydrogens is 455 g/mol. The molecule has 148 valence electrons. The lowest BCUT2D eigenvalue weighted by atomic mass is 10.1. The summed E-state index contributed by atoms with van der Waals surface area (Å²) in [5.74, 6) is 2.76. The Hall–Kier alpha value is -1.91. The van der Waals surface area contributed by atoms with Crippen LogP contribution in [-0.2, 0) is 13.6 Å². The van der Waals surface area contributed by atoms with Gasteiger partial charge in [-0.1, -0.05) is 6.07 Å². The first kappa shape index (κ1) is 21.4. The fourth-order valence-electron chi connectivity index (χ4n) is 3.08. The van der Waals surface area contributed by atoms with Crippen molar-refractivity contribution in [3.63, 3.8) is 0 Å². The van der Waals surface area contributed by atoms with E-state index in [4.69, 9.17) is 0 Å². The summed E-state index contributed by atoms with van der Waals surface area (Å²) in [5.41, 5.74) is 1.06. The Bertz CT molecular complexity index is 736. The molecule has 0 aromatic carbocycles. The Morgan fingerprint density at radius 3 is 2.70 bits per heavy atom. The standard InChI is InChI=1S/C18H28N8.HI/c1-4-19-18(20-12-17-21-13-22-25(17)3)24-15-8-10-26(11-9-15)16-7-5-6-14(2)23-16;/h5-7,13,15H,4,8-12H2,1-3H3,(H2,19,20,24);1H. The topological polar surface area (TPSA) is 83.3 Å². The first-order chi connectivity index (χ1) is 12.7. The van der Waals surface area contributed by atoms with Gasteiger partial charge in [0.15, 0.2) is 5.96 Å². The smallest absolute Gasteiger partial charge is 0.191 e. The van der Waals surface area contributed by atoms with Crippen molar-refractivity contribution in [2.45, 2.75) is 39.3 Å². The van der Waals surface area contributed by atoms with Gasteiger partial charge in [0.2, 0.25) is 0 Å². The van der Waals surface area contributed by atoms with Gasteiger partial charge in [-0.2, -0.15) is 5.10 Å². The van der Waals surface area contributed by atoms with E-state index in [0.717, 1.165) is 55.8 Å². The van der Waals surface area contributed by atoms with E-state index in [1.165, 1.54) is 0 Å². The number of nitrogens with zero attached hydrogens (tertiary/aromatic N) is 6. The number of hydrogen-bond acceptors (Lipinski definition) is 5. The lowest BCUT2D eigenvalue weighted by Gasteiger charge is -2.34. The van der Waals surface area contributed by atoms with Gasteiger partial charge in [0.1, 0.15) is 24.5 Å². The fraction of sp³-hybridized carbons (Fsp3) is 0.556. The molecule has 0 amide bonds. The lowest BCUT2D eigenvalue weighted by molar-refractivity contribution is 0.459. The van der Waals surface area contributed by atoms with E-state index >= 15 is 0 Å². The molecule has 27 heavy (non-hydrogen) atoms. The SMILES string of the molecule is CCNC(=NCc1ncnn1C)NC1CCN(c2cccc(C)n2)CC1.I. The summed E-state index contributed by atoms with van der Waals surface area (Å²) in [7, 11) is 1.88. The average Bonchev–Trinajstić information content (AvgIpc) is 3.05. The molecule has 0 atom stereocenters. The first-order valence-corrected chi connectivity index (χ1v) is 9.22. The zero-order chi connectivity index (χ0) is 18.4. The van der Waals surface area contributed by atoms with Crippen LogP contribution in [0.1, 0.15) is 31.3 Å². The molecule has 2 aromatic heterocycles. The van der Waals surface area contributed by atoms with Crippen LogP contribution >= 0.6 is 24.0 Å². The van der Waals surface area contributed by atoms with Crippen molar-refractivity contribution >= 4 is 35.8 Å². The number of aliphatic imine (C=N–C) groups is 1. The summed E-state index contributed by atoms with van der Waals surface area (Å²) in [4.78, 5) is 15.9. The molecule has 0 radical (unpaired) electrons. The van der Waals surface area contributed by atoms with Crippen molar-refractivity contribution in [2.24, 2.45) is 12.0 Å². The Kier molecular flexibility index (Phi) is 8.26. The van der Waals surface area contributed by atoms with E-state index in [9.17, 15) is 0 Å². The molecule has 3 rings (SSSR count). The van der Waals surface area contributed by atoms with E-state index in [1.54, 1.807) is 11.0 Å². The third kappa shape index (κ3) is 6.05. The van der Waals surface area contributed by atoms with Crippen molar-refractivity contribution in [3.8, 4) is 0 Å². The van der Waals surface area contributed by atoms with E-state index in [1.807, 2.05) is 20.0 Å². The second kappa shape index (κ2) is 10.4. The number of aryl methyl sites for hydroxylation is 2. The second-order valence-corrected chi connectivity index (χ2v) is 6.54. The number of rotatable bonds is 5. The van der Waals surface area contributed by atoms with Crippen LogP contribution in [0.3, 0.4) is 0 Å². The molecule has 0 spiro atoms. The van der Waals surface area contributed by atoms with Crippen LogP contribution in [0.5, 0.6) is 0 Å². The normalized spacial score (nSPS) is 15.4. The molecule has 0 unspecified atom stereocenters. The maximum absolute atomic E-state index is 4.64. The number of hydrogen-bond donors (Lipinski definition) is 2. The largest absolute Gasteiger partial charge is 0.357 e. The zero-order valence-corrected chi connectivity index (χ0v) is 18.6. The van der Waals surface area contributed by atoms with Gasteiger partial charge in [-0.25, -0.2) is 15.0 Å². The third-order valence-corrected chi connectivity index (χ3v) is 4.56. The molecule has 9 heteroatoms. The molecule has 1 saturated heterocycles. The number of piperidine rings is 1. The molecule has 8 nitrogen and oxygen atoms in total. The van der Waals surface area contributed by atoms with E-state index in [2.05, 4.69) is 54.6 Å². The fourth-order valence-corrected chi connectivity index (χ4v) is 3.08. The molecular formula is C18H29IN8. The van der Waals surface area contributed by atoms with Crippen molar-refractivity contribution in [2.75, 3.05) is 24.5 Å². The van der Waals surface area contributed by atoms with Crippen LogP contribution in [0.2, 0.25) is 0 Å². The Labute approximate surface area is 177 Å². The zero-order valence-electron chi connectivity index (χ0n) is 16.2. The monoisotopic (exact) mass is 484 g/mol. The van der Waals surface area contributed by atoms with Gasteiger partial charge in [0.05, 0.1) is 0 Å². The van der Waals surface area contributed by atoms with E-state index in [0.29, 0.717) is 12.6 Å². The van der Waals surface area contributed by atoms with Gasteiger partial charge in [0, 0.05) is 38.4 Å². The highest BCUT2D eigenvalue weighted by molar-refractivity contribution is 14.0. The molecule has 0 aliphatic carbocycles. The van der Waals surface area contributed by atoms with Gasteiger partial charge in [-0.15, -0.1) is 24.0 Å². The van der Waals surface area contributed by atoms with Crippen LogP contribution in [-0.4, -0.2) is 51.4 Å². The molecule has 2 aromatic rings. The minimum Gasteiger partial charge on any atom is -0.357 e. The molecule has 1 aliphatic rings. The van der Waals surface area contributed by atoms with Crippen LogP contribution in [0, 0.1) is 6.92 Å². The van der Waals surface area contributed by atoms with Crippen molar-refractivity contribution < 1.29 is 0 Å². The number of pyridine rings is 1. The molecule has 0 saturated carbocycles. The predicted octanol–water partition coefficient (Wildman–Crippen LogP) is 1.86. The van der Waals surface area contributed by atoms with Crippen LogP contribution < -0.4 is 15.5 Å². The maximum Gasteiger partial charge on any atom is 0.191 e. The van der Waals surface area contributed by atoms with Gasteiger partial charge < -0.3 is 15.5 Å². The van der Waals surface area contributed by atoms with Crippen molar-refractivity contribution in [1.82, 2.24) is 30.4 Å². The molecule has 2 N–H and O–H groups in total. The summed E-state index contributed by atoms with van der Waals surface area (Å²) in [6.07, 6.45) is 3.67. The average molecular weight is 484 g/mol. The quantitative estimate of drug-likeness (QED) is 0.383. The van der Waals surface area contributed by atoms with E-state index < -0.39 is 0 Å². The van der Waals surface area contributed by atoms with E-state index in [-0.39, 0.29) is 24.0 Å². The Balaban J connectivity index is 0.00000261. The molecule has 1 fully saturated rings.